The highest BCUT2D eigenvalue weighted by molar-refractivity contribution is 7.81. The first-order chi connectivity index (χ1) is 38.3. The third-order valence-electron chi connectivity index (χ3n) is 14.8. The van der Waals surface area contributed by atoms with Gasteiger partial charge in [0.15, 0.2) is 16.1 Å². The SMILES string of the molecule is c1ccc(P(c2ccccc2)c2cccc(Oc3cccc(P(c4ccccc4)c4ccccc4)c3[Si](c3ccccc3)(c3ccccc3)c3ccccc3)c2[Si](c2ccccc2)(c2ccccc2)c2ccccc2)cc1. The standard InChI is InChI=1S/C72H56OP2Si2/c1-11-33-57(34-12-1)74(58-35-13-2-14-36-58)69-55-31-53-67(71(69)76(61-41-19-5-20-42-61,62-43-21-6-22-44-62)63-45-23-7-24-46-63)73-68-54-32-56-70(75(59-37-15-3-16-38-59)60-39-17-4-18-40-60)72(68)77(64-47-25-8-26-48-64,65-49-27-9-28-50-65)66-51-29-10-30-52-66/h1-56H. The minimum atomic E-state index is -3.36. The van der Waals surface area contributed by atoms with Crippen LogP contribution in [-0.4, -0.2) is 16.1 Å². The van der Waals surface area contributed by atoms with E-state index in [0.29, 0.717) is 0 Å². The quantitative estimate of drug-likeness (QED) is 0.0533. The maximum absolute atomic E-state index is 8.40. The van der Waals surface area contributed by atoms with Crippen LogP contribution in [-0.2, 0) is 0 Å². The molecule has 1 nitrogen and oxygen atoms in total. The number of ether oxygens (including phenoxy) is 1. The van der Waals surface area contributed by atoms with Gasteiger partial charge in [-0.05, 0) is 90.9 Å². The predicted molar refractivity (Wildman–Crippen MR) is 338 cm³/mol. The Morgan fingerprint density at radius 1 is 0.195 bits per heavy atom. The van der Waals surface area contributed by atoms with Crippen LogP contribution in [0.25, 0.3) is 0 Å². The van der Waals surface area contributed by atoms with E-state index in [1.807, 2.05) is 0 Å². The van der Waals surface area contributed by atoms with Crippen molar-refractivity contribution in [2.24, 2.45) is 0 Å². The van der Waals surface area contributed by atoms with E-state index in [0.717, 1.165) is 11.5 Å². The molecule has 0 unspecified atom stereocenters. The molecule has 0 heterocycles. The lowest BCUT2D eigenvalue weighted by atomic mass is 10.3. The lowest BCUT2D eigenvalue weighted by molar-refractivity contribution is 0.490. The minimum Gasteiger partial charge on any atom is -0.457 e. The highest BCUT2D eigenvalue weighted by Crippen LogP contribution is 2.38. The second kappa shape index (κ2) is 22.9. The van der Waals surface area contributed by atoms with E-state index >= 15 is 0 Å². The minimum absolute atomic E-state index is 0.865. The molecule has 0 aliphatic heterocycles. The van der Waals surface area contributed by atoms with Gasteiger partial charge in [-0.25, -0.2) is 0 Å². The summed E-state index contributed by atoms with van der Waals surface area (Å²) in [4.78, 5) is 0. The van der Waals surface area contributed by atoms with Gasteiger partial charge in [0.2, 0.25) is 0 Å². The zero-order valence-corrected chi connectivity index (χ0v) is 46.4. The van der Waals surface area contributed by atoms with E-state index in [-0.39, 0.29) is 0 Å². The van der Waals surface area contributed by atoms with Crippen molar-refractivity contribution in [3.8, 4) is 11.5 Å². The summed E-state index contributed by atoms with van der Waals surface area (Å²) in [7, 11) is -9.01. The molecular weight excluding hydrogens is 999 g/mol. The summed E-state index contributed by atoms with van der Waals surface area (Å²) in [5.41, 5.74) is 0. The fourth-order valence-electron chi connectivity index (χ4n) is 11.6. The molecule has 0 bridgehead atoms. The zero-order valence-electron chi connectivity index (χ0n) is 42.6. The van der Waals surface area contributed by atoms with Crippen LogP contribution in [0.2, 0.25) is 0 Å². The van der Waals surface area contributed by atoms with Gasteiger partial charge < -0.3 is 4.74 Å². The van der Waals surface area contributed by atoms with Crippen molar-refractivity contribution in [3.05, 3.63) is 340 Å². The van der Waals surface area contributed by atoms with Gasteiger partial charge in [0.1, 0.15) is 11.5 Å². The van der Waals surface area contributed by atoms with E-state index < -0.39 is 32.0 Å². The molecule has 12 rings (SSSR count). The maximum Gasteiger partial charge on any atom is 0.184 e. The highest BCUT2D eigenvalue weighted by Gasteiger charge is 2.49. The monoisotopic (exact) mass is 1050 g/mol. The van der Waals surface area contributed by atoms with Gasteiger partial charge in [-0.2, -0.15) is 0 Å². The largest absolute Gasteiger partial charge is 0.457 e. The van der Waals surface area contributed by atoms with Crippen molar-refractivity contribution >= 4 is 105 Å². The second-order valence-electron chi connectivity index (χ2n) is 19.1. The summed E-state index contributed by atoms with van der Waals surface area (Å²) in [6.45, 7) is 0. The first kappa shape index (κ1) is 49.6. The topological polar surface area (TPSA) is 9.23 Å². The second-order valence-corrected chi connectivity index (χ2v) is 30.9. The Morgan fingerprint density at radius 2 is 0.390 bits per heavy atom. The molecule has 77 heavy (non-hydrogen) atoms. The lowest BCUT2D eigenvalue weighted by Gasteiger charge is -2.40. The molecule has 12 aromatic carbocycles. The van der Waals surface area contributed by atoms with E-state index in [4.69, 9.17) is 4.74 Å². The molecule has 0 aliphatic carbocycles. The molecule has 0 aliphatic rings. The van der Waals surface area contributed by atoms with Gasteiger partial charge >= 0.3 is 0 Å². The van der Waals surface area contributed by atoms with Crippen LogP contribution in [0.3, 0.4) is 0 Å². The third-order valence-corrected chi connectivity index (χ3v) is 29.9. The van der Waals surface area contributed by atoms with E-state index in [2.05, 4.69) is 340 Å². The average Bonchev–Trinajstić information content (AvgIpc) is 3.53. The number of rotatable bonds is 16. The van der Waals surface area contributed by atoms with Gasteiger partial charge in [0.05, 0.1) is 0 Å². The molecule has 0 radical (unpaired) electrons. The molecule has 0 saturated heterocycles. The van der Waals surface area contributed by atoms with Gasteiger partial charge in [0, 0.05) is 10.4 Å². The summed E-state index contributed by atoms with van der Waals surface area (Å²) in [6, 6.07) is 127. The fourth-order valence-corrected chi connectivity index (χ4v) is 27.8. The molecule has 0 N–H and O–H groups in total. The molecular formula is C72H56OP2Si2. The smallest absolute Gasteiger partial charge is 0.184 e. The van der Waals surface area contributed by atoms with Crippen LogP contribution in [0, 0.1) is 0 Å². The normalized spacial score (nSPS) is 11.6. The average molecular weight is 1060 g/mol. The summed E-state index contributed by atoms with van der Waals surface area (Å²) in [5.74, 6) is 1.73. The Hall–Kier alpha value is -8.27. The van der Waals surface area contributed by atoms with Crippen molar-refractivity contribution in [1.82, 2.24) is 0 Å². The molecule has 0 atom stereocenters. The van der Waals surface area contributed by atoms with E-state index in [9.17, 15) is 0 Å². The fraction of sp³-hybridized carbons (Fsp3) is 0. The van der Waals surface area contributed by atoms with Gasteiger partial charge in [-0.1, -0.05) is 328 Å². The molecule has 12 aromatic rings. The predicted octanol–water partition coefficient (Wildman–Crippen LogP) is 9.75. The molecule has 0 fully saturated rings. The number of benzene rings is 12. The maximum atomic E-state index is 8.40. The molecule has 0 spiro atoms. The van der Waals surface area contributed by atoms with Crippen LogP contribution >= 0.6 is 15.8 Å². The Balaban J connectivity index is 1.26. The first-order valence-corrected chi connectivity index (χ1v) is 33.0. The van der Waals surface area contributed by atoms with Crippen molar-refractivity contribution in [1.29, 1.82) is 0 Å². The van der Waals surface area contributed by atoms with Gasteiger partial charge in [-0.15, -0.1) is 0 Å². The van der Waals surface area contributed by atoms with Crippen LogP contribution in [0.4, 0.5) is 0 Å². The van der Waals surface area contributed by atoms with E-state index in [1.54, 1.807) is 0 Å². The Labute approximate surface area is 458 Å². The zero-order chi connectivity index (χ0) is 51.7. The van der Waals surface area contributed by atoms with Crippen LogP contribution < -0.4 is 78.1 Å². The first-order valence-electron chi connectivity index (χ1n) is 26.3. The molecule has 5 heteroatoms. The number of hydrogen-bond acceptors (Lipinski definition) is 1. The van der Waals surface area contributed by atoms with Crippen LogP contribution in [0.5, 0.6) is 11.5 Å². The molecule has 0 aromatic heterocycles. The van der Waals surface area contributed by atoms with Crippen molar-refractivity contribution in [2.75, 3.05) is 0 Å². The van der Waals surface area contributed by atoms with Gasteiger partial charge in [0.25, 0.3) is 0 Å². The van der Waals surface area contributed by atoms with Crippen molar-refractivity contribution in [3.63, 3.8) is 0 Å². The molecule has 0 saturated carbocycles. The summed E-state index contributed by atoms with van der Waals surface area (Å²) in [6.07, 6.45) is 0. The van der Waals surface area contributed by atoms with Crippen LogP contribution in [0.1, 0.15) is 0 Å². The summed E-state index contributed by atoms with van der Waals surface area (Å²) < 4.78 is 8.40. The summed E-state index contributed by atoms with van der Waals surface area (Å²) >= 11 is 0. The van der Waals surface area contributed by atoms with Gasteiger partial charge in [-0.3, -0.25) is 0 Å². The number of hydrogen-bond donors (Lipinski definition) is 0. The Morgan fingerprint density at radius 3 is 0.597 bits per heavy atom. The summed E-state index contributed by atoms with van der Waals surface area (Å²) in [5, 5.41) is 17.9. The van der Waals surface area contributed by atoms with Crippen molar-refractivity contribution in [2.45, 2.75) is 0 Å². The van der Waals surface area contributed by atoms with Crippen molar-refractivity contribution < 1.29 is 4.74 Å². The lowest BCUT2D eigenvalue weighted by Crippen LogP contribution is -2.78. The molecule has 0 amide bonds. The van der Waals surface area contributed by atoms with E-state index in [1.165, 1.54) is 73.3 Å². The van der Waals surface area contributed by atoms with Crippen LogP contribution in [0.15, 0.2) is 340 Å². The Kier molecular flexibility index (Phi) is 14.8. The molecule has 368 valence electrons. The Bertz CT molecular complexity index is 3280. The highest BCUT2D eigenvalue weighted by atomic mass is 31.1. The third kappa shape index (κ3) is 9.48.